The Hall–Kier alpha value is -1.17. The van der Waals surface area contributed by atoms with Crippen LogP contribution in [0.1, 0.15) is 31.1 Å². The molecule has 0 spiro atoms. The van der Waals surface area contributed by atoms with Gasteiger partial charge >= 0.3 is 0 Å². The molecule has 0 saturated heterocycles. The van der Waals surface area contributed by atoms with E-state index in [4.69, 9.17) is 0 Å². The first-order valence-electron chi connectivity index (χ1n) is 6.64. The van der Waals surface area contributed by atoms with E-state index < -0.39 is 0 Å². The first-order valence-corrected chi connectivity index (χ1v) is 7.72. The zero-order valence-electron chi connectivity index (χ0n) is 12.0. The second-order valence-electron chi connectivity index (χ2n) is 6.06. The molecule has 1 aromatic carbocycles. The zero-order valence-corrected chi connectivity index (χ0v) is 14.2. The molecule has 0 aliphatic carbocycles. The fourth-order valence-electron chi connectivity index (χ4n) is 2.23. The van der Waals surface area contributed by atoms with E-state index in [-0.39, 0.29) is 17.2 Å². The SMILES string of the molecule is CC(C)(C)C(Cc1cccc(I)c1)C(=O)n1ccnc1. The number of benzene rings is 1. The van der Waals surface area contributed by atoms with Gasteiger partial charge in [-0.25, -0.2) is 4.98 Å². The topological polar surface area (TPSA) is 34.9 Å². The summed E-state index contributed by atoms with van der Waals surface area (Å²) in [6.07, 6.45) is 5.69. The highest BCUT2D eigenvalue weighted by Gasteiger charge is 2.32. The van der Waals surface area contributed by atoms with Crippen LogP contribution >= 0.6 is 22.6 Å². The zero-order chi connectivity index (χ0) is 14.8. The van der Waals surface area contributed by atoms with Crippen molar-refractivity contribution in [2.75, 3.05) is 0 Å². The van der Waals surface area contributed by atoms with E-state index >= 15 is 0 Å². The Morgan fingerprint density at radius 3 is 2.70 bits per heavy atom. The molecule has 106 valence electrons. The molecular weight excluding hydrogens is 363 g/mol. The third kappa shape index (κ3) is 3.69. The van der Waals surface area contributed by atoms with Gasteiger partial charge in [0.05, 0.1) is 0 Å². The summed E-state index contributed by atoms with van der Waals surface area (Å²) in [4.78, 5) is 16.6. The number of imidazole rings is 1. The summed E-state index contributed by atoms with van der Waals surface area (Å²) in [6, 6.07) is 8.33. The van der Waals surface area contributed by atoms with Crippen LogP contribution in [0.5, 0.6) is 0 Å². The molecule has 0 aliphatic rings. The smallest absolute Gasteiger partial charge is 0.235 e. The summed E-state index contributed by atoms with van der Waals surface area (Å²) in [5.41, 5.74) is 1.10. The van der Waals surface area contributed by atoms with Gasteiger partial charge in [-0.1, -0.05) is 32.9 Å². The molecular formula is C16H19IN2O. The Balaban J connectivity index is 2.27. The maximum atomic E-state index is 12.7. The number of hydrogen-bond donors (Lipinski definition) is 0. The highest BCUT2D eigenvalue weighted by molar-refractivity contribution is 14.1. The largest absolute Gasteiger partial charge is 0.276 e. The molecule has 0 radical (unpaired) electrons. The average molecular weight is 382 g/mol. The molecule has 1 aromatic heterocycles. The monoisotopic (exact) mass is 382 g/mol. The molecule has 20 heavy (non-hydrogen) atoms. The number of nitrogens with zero attached hydrogens (tertiary/aromatic N) is 2. The van der Waals surface area contributed by atoms with Crippen LogP contribution in [0.2, 0.25) is 0 Å². The van der Waals surface area contributed by atoms with Crippen molar-refractivity contribution < 1.29 is 4.79 Å². The second kappa shape index (κ2) is 6.08. The molecule has 0 bridgehead atoms. The van der Waals surface area contributed by atoms with Gasteiger partial charge in [0, 0.05) is 21.9 Å². The fraction of sp³-hybridized carbons (Fsp3) is 0.375. The van der Waals surface area contributed by atoms with Crippen LogP contribution in [0.3, 0.4) is 0 Å². The number of halogens is 1. The lowest BCUT2D eigenvalue weighted by Gasteiger charge is -2.29. The van der Waals surface area contributed by atoms with Gasteiger partial charge in [0.2, 0.25) is 5.91 Å². The molecule has 0 aliphatic heterocycles. The number of rotatable bonds is 3. The van der Waals surface area contributed by atoms with Crippen molar-refractivity contribution in [1.29, 1.82) is 0 Å². The lowest BCUT2D eigenvalue weighted by atomic mass is 9.76. The molecule has 1 atom stereocenters. The molecule has 2 rings (SSSR count). The summed E-state index contributed by atoms with van der Waals surface area (Å²) in [6.45, 7) is 6.33. The summed E-state index contributed by atoms with van der Waals surface area (Å²) in [5, 5.41) is 0. The van der Waals surface area contributed by atoms with Gasteiger partial charge in [0.1, 0.15) is 6.33 Å². The minimum Gasteiger partial charge on any atom is -0.276 e. The van der Waals surface area contributed by atoms with E-state index in [1.165, 1.54) is 9.13 Å². The van der Waals surface area contributed by atoms with Gasteiger partial charge in [-0.2, -0.15) is 0 Å². The summed E-state index contributed by atoms with van der Waals surface area (Å²) in [7, 11) is 0. The Bertz CT molecular complexity index is 585. The third-order valence-electron chi connectivity index (χ3n) is 3.43. The second-order valence-corrected chi connectivity index (χ2v) is 7.31. The van der Waals surface area contributed by atoms with E-state index in [0.717, 1.165) is 6.42 Å². The van der Waals surface area contributed by atoms with E-state index in [1.54, 1.807) is 23.3 Å². The van der Waals surface area contributed by atoms with Crippen molar-refractivity contribution in [2.24, 2.45) is 11.3 Å². The lowest BCUT2D eigenvalue weighted by Crippen LogP contribution is -2.33. The standard InChI is InChI=1S/C16H19IN2O/c1-16(2,3)14(15(20)19-8-7-18-11-19)10-12-5-4-6-13(17)9-12/h4-9,11,14H,10H2,1-3H3. The van der Waals surface area contributed by atoms with Gasteiger partial charge < -0.3 is 0 Å². The quantitative estimate of drug-likeness (QED) is 0.752. The minimum absolute atomic E-state index is 0.0742. The first-order chi connectivity index (χ1) is 9.38. The van der Waals surface area contributed by atoms with Crippen LogP contribution in [0.4, 0.5) is 0 Å². The molecule has 0 amide bonds. The van der Waals surface area contributed by atoms with Crippen molar-refractivity contribution in [3.63, 3.8) is 0 Å². The normalized spacial score (nSPS) is 13.2. The van der Waals surface area contributed by atoms with Gasteiger partial charge in [-0.05, 0) is 52.1 Å². The molecule has 0 saturated carbocycles. The molecule has 1 heterocycles. The van der Waals surface area contributed by atoms with Crippen molar-refractivity contribution in [1.82, 2.24) is 9.55 Å². The molecule has 1 unspecified atom stereocenters. The molecule has 0 N–H and O–H groups in total. The van der Waals surface area contributed by atoms with Crippen LogP contribution in [0.15, 0.2) is 43.0 Å². The minimum atomic E-state index is -0.0946. The van der Waals surface area contributed by atoms with Gasteiger partial charge in [0.25, 0.3) is 0 Å². The van der Waals surface area contributed by atoms with E-state index in [9.17, 15) is 4.79 Å². The summed E-state index contributed by atoms with van der Waals surface area (Å²) >= 11 is 2.30. The number of carbonyl (C=O) groups excluding carboxylic acids is 1. The van der Waals surface area contributed by atoms with Gasteiger partial charge in [0.15, 0.2) is 0 Å². The highest BCUT2D eigenvalue weighted by atomic mass is 127. The van der Waals surface area contributed by atoms with Crippen LogP contribution in [0, 0.1) is 14.9 Å². The average Bonchev–Trinajstić information content (AvgIpc) is 2.87. The first kappa shape index (κ1) is 15.2. The van der Waals surface area contributed by atoms with Crippen LogP contribution < -0.4 is 0 Å². The van der Waals surface area contributed by atoms with Gasteiger partial charge in [-0.3, -0.25) is 9.36 Å². The predicted molar refractivity (Wildman–Crippen MR) is 88.7 cm³/mol. The van der Waals surface area contributed by atoms with Crippen LogP contribution in [-0.2, 0) is 6.42 Å². The van der Waals surface area contributed by atoms with Crippen molar-refractivity contribution in [3.8, 4) is 0 Å². The third-order valence-corrected chi connectivity index (χ3v) is 4.10. The molecule has 2 aromatic rings. The number of aromatic nitrogens is 2. The predicted octanol–water partition coefficient (Wildman–Crippen LogP) is 4.03. The Morgan fingerprint density at radius 1 is 1.40 bits per heavy atom. The number of hydrogen-bond acceptors (Lipinski definition) is 2. The maximum Gasteiger partial charge on any atom is 0.235 e. The number of carbonyl (C=O) groups is 1. The Labute approximate surface area is 133 Å². The molecule has 3 nitrogen and oxygen atoms in total. The molecule has 4 heteroatoms. The van der Waals surface area contributed by atoms with E-state index in [1.807, 2.05) is 6.07 Å². The summed E-state index contributed by atoms with van der Waals surface area (Å²) < 4.78 is 2.78. The highest BCUT2D eigenvalue weighted by Crippen LogP contribution is 2.30. The maximum absolute atomic E-state index is 12.7. The summed E-state index contributed by atoms with van der Waals surface area (Å²) in [5.74, 6) is 0.0313. The Morgan fingerprint density at radius 2 is 2.15 bits per heavy atom. The van der Waals surface area contributed by atoms with Crippen molar-refractivity contribution >= 4 is 28.5 Å². The fourth-order valence-corrected chi connectivity index (χ4v) is 2.84. The Kier molecular flexibility index (Phi) is 4.62. The lowest BCUT2D eigenvalue weighted by molar-refractivity contribution is 0.0724. The van der Waals surface area contributed by atoms with Crippen molar-refractivity contribution in [2.45, 2.75) is 27.2 Å². The van der Waals surface area contributed by atoms with E-state index in [0.29, 0.717) is 0 Å². The van der Waals surface area contributed by atoms with Crippen LogP contribution in [0.25, 0.3) is 0 Å². The van der Waals surface area contributed by atoms with Crippen LogP contribution in [-0.4, -0.2) is 15.5 Å². The molecule has 0 fully saturated rings. The van der Waals surface area contributed by atoms with Gasteiger partial charge in [-0.15, -0.1) is 0 Å². The van der Waals surface area contributed by atoms with E-state index in [2.05, 4.69) is 66.5 Å². The van der Waals surface area contributed by atoms with Crippen molar-refractivity contribution in [3.05, 3.63) is 52.1 Å².